The number of likely N-dealkylation sites (tertiary alicyclic amines) is 1. The number of hydrogen-bond acceptors (Lipinski definition) is 4. The lowest BCUT2D eigenvalue weighted by molar-refractivity contribution is -0.137. The van der Waals surface area contributed by atoms with E-state index in [0.717, 1.165) is 12.0 Å². The summed E-state index contributed by atoms with van der Waals surface area (Å²) in [7, 11) is 0. The van der Waals surface area contributed by atoms with Gasteiger partial charge in [-0.15, -0.1) is 0 Å². The van der Waals surface area contributed by atoms with Crippen molar-refractivity contribution in [2.24, 2.45) is 0 Å². The smallest absolute Gasteiger partial charge is 0.263 e. The van der Waals surface area contributed by atoms with Gasteiger partial charge in [0.1, 0.15) is 5.75 Å². The zero-order valence-electron chi connectivity index (χ0n) is 14.4. The monoisotopic (exact) mass is 394 g/mol. The Morgan fingerprint density at radius 1 is 1.31 bits per heavy atom. The third-order valence-corrected chi connectivity index (χ3v) is 4.77. The highest BCUT2D eigenvalue weighted by molar-refractivity contribution is 6.35. The molecule has 0 radical (unpaired) electrons. The molecule has 0 saturated carbocycles. The summed E-state index contributed by atoms with van der Waals surface area (Å²) >= 11 is 12.0. The quantitative estimate of drug-likeness (QED) is 0.743. The van der Waals surface area contributed by atoms with Crippen molar-refractivity contribution in [2.45, 2.75) is 32.2 Å². The van der Waals surface area contributed by atoms with Crippen molar-refractivity contribution in [1.29, 1.82) is 0 Å². The summed E-state index contributed by atoms with van der Waals surface area (Å²) in [4.78, 5) is 18.4. The molecule has 1 aliphatic rings. The first kappa shape index (κ1) is 19.0. The lowest BCUT2D eigenvalue weighted by atomic mass is 10.3. The van der Waals surface area contributed by atoms with Crippen molar-refractivity contribution in [3.63, 3.8) is 0 Å². The number of hydrogen-bond donors (Lipinski definition) is 0. The van der Waals surface area contributed by atoms with Crippen LogP contribution in [-0.2, 0) is 16.1 Å². The molecule has 26 heavy (non-hydrogen) atoms. The van der Waals surface area contributed by atoms with Gasteiger partial charge in [-0.1, -0.05) is 23.2 Å². The highest BCUT2D eigenvalue weighted by Crippen LogP contribution is 2.28. The molecule has 1 aliphatic heterocycles. The minimum atomic E-state index is -0.632. The molecule has 0 N–H and O–H groups in total. The predicted molar refractivity (Wildman–Crippen MR) is 101 cm³/mol. The van der Waals surface area contributed by atoms with E-state index in [1.807, 2.05) is 12.1 Å². The number of aromatic nitrogens is 1. The van der Waals surface area contributed by atoms with Crippen LogP contribution in [-0.4, -0.2) is 41.1 Å². The van der Waals surface area contributed by atoms with Gasteiger partial charge < -0.3 is 14.4 Å². The van der Waals surface area contributed by atoms with Crippen LogP contribution in [0.4, 0.5) is 0 Å². The minimum Gasteiger partial charge on any atom is -0.479 e. The predicted octanol–water partition coefficient (Wildman–Crippen LogP) is 3.97. The number of pyridine rings is 1. The fourth-order valence-electron chi connectivity index (χ4n) is 2.83. The van der Waals surface area contributed by atoms with Gasteiger partial charge in [-0.2, -0.15) is 0 Å². The lowest BCUT2D eigenvalue weighted by Crippen LogP contribution is -2.39. The van der Waals surface area contributed by atoms with Crippen LogP contribution in [0.2, 0.25) is 10.0 Å². The van der Waals surface area contributed by atoms with Crippen LogP contribution in [0.15, 0.2) is 42.7 Å². The fourth-order valence-corrected chi connectivity index (χ4v) is 3.28. The number of carbonyl (C=O) groups excluding carboxylic acids is 1. The second-order valence-corrected chi connectivity index (χ2v) is 7.04. The largest absolute Gasteiger partial charge is 0.479 e. The molecule has 3 rings (SSSR count). The first-order valence-electron chi connectivity index (χ1n) is 8.44. The zero-order chi connectivity index (χ0) is 18.5. The van der Waals surface area contributed by atoms with E-state index in [1.54, 1.807) is 42.4 Å². The van der Waals surface area contributed by atoms with E-state index in [1.165, 1.54) is 0 Å². The third kappa shape index (κ3) is 4.87. The van der Waals surface area contributed by atoms with E-state index in [0.29, 0.717) is 35.5 Å². The van der Waals surface area contributed by atoms with E-state index in [-0.39, 0.29) is 12.0 Å². The summed E-state index contributed by atoms with van der Waals surface area (Å²) in [6.07, 6.45) is 3.69. The number of nitrogens with zero attached hydrogens (tertiary/aromatic N) is 2. The Morgan fingerprint density at radius 3 is 2.81 bits per heavy atom. The Labute approximate surface area is 162 Å². The number of amides is 1. The molecule has 2 atom stereocenters. The van der Waals surface area contributed by atoms with E-state index >= 15 is 0 Å². The van der Waals surface area contributed by atoms with Crippen molar-refractivity contribution in [2.75, 3.05) is 13.1 Å². The van der Waals surface area contributed by atoms with Gasteiger partial charge in [-0.25, -0.2) is 0 Å². The summed E-state index contributed by atoms with van der Waals surface area (Å²) in [5.41, 5.74) is 1.07. The molecule has 1 fully saturated rings. The van der Waals surface area contributed by atoms with Gasteiger partial charge in [0, 0.05) is 30.5 Å². The number of halogens is 2. The second-order valence-electron chi connectivity index (χ2n) is 6.20. The Morgan fingerprint density at radius 2 is 2.08 bits per heavy atom. The second kappa shape index (κ2) is 8.71. The summed E-state index contributed by atoms with van der Waals surface area (Å²) in [5.74, 6) is 0.368. The molecule has 0 bridgehead atoms. The Balaban J connectivity index is 1.50. The fraction of sp³-hybridized carbons (Fsp3) is 0.368. The van der Waals surface area contributed by atoms with Gasteiger partial charge >= 0.3 is 0 Å². The number of ether oxygens (including phenoxy) is 2. The molecule has 1 aromatic heterocycles. The summed E-state index contributed by atoms with van der Waals surface area (Å²) < 4.78 is 11.6. The Hall–Kier alpha value is -1.82. The summed E-state index contributed by atoms with van der Waals surface area (Å²) in [5, 5.41) is 0.909. The molecule has 5 nitrogen and oxygen atoms in total. The van der Waals surface area contributed by atoms with Gasteiger partial charge in [-0.05, 0) is 49.2 Å². The Bertz CT molecular complexity index is 758. The lowest BCUT2D eigenvalue weighted by Gasteiger charge is -2.22. The van der Waals surface area contributed by atoms with Crippen molar-refractivity contribution < 1.29 is 14.3 Å². The van der Waals surface area contributed by atoms with Crippen LogP contribution in [0.5, 0.6) is 5.75 Å². The summed E-state index contributed by atoms with van der Waals surface area (Å²) in [6, 6.07) is 8.78. The normalized spacial score (nSPS) is 18.0. The molecule has 0 unspecified atom stereocenters. The van der Waals surface area contributed by atoms with E-state index in [9.17, 15) is 4.79 Å². The molecule has 2 aromatic rings. The topological polar surface area (TPSA) is 51.7 Å². The van der Waals surface area contributed by atoms with Gasteiger partial charge in [0.25, 0.3) is 5.91 Å². The SMILES string of the molecule is C[C@H](Oc1ccc(Cl)cc1Cl)C(=O)N1CC[C@@H](OCc2ccncc2)C1. The Kier molecular flexibility index (Phi) is 6.35. The molecule has 138 valence electrons. The molecule has 2 heterocycles. The van der Waals surface area contributed by atoms with Gasteiger partial charge in [0.05, 0.1) is 17.7 Å². The highest BCUT2D eigenvalue weighted by Gasteiger charge is 2.30. The van der Waals surface area contributed by atoms with E-state index in [2.05, 4.69) is 4.98 Å². The molecule has 0 aliphatic carbocycles. The van der Waals surface area contributed by atoms with Crippen LogP contribution in [0, 0.1) is 0 Å². The molecule has 0 spiro atoms. The zero-order valence-corrected chi connectivity index (χ0v) is 15.9. The summed E-state index contributed by atoms with van der Waals surface area (Å²) in [6.45, 7) is 3.45. The van der Waals surface area contributed by atoms with Crippen LogP contribution in [0.3, 0.4) is 0 Å². The maximum absolute atomic E-state index is 12.6. The molecule has 7 heteroatoms. The van der Waals surface area contributed by atoms with Crippen LogP contribution in [0.1, 0.15) is 18.9 Å². The molecule has 1 saturated heterocycles. The first-order valence-corrected chi connectivity index (χ1v) is 9.19. The molecular formula is C19H20Cl2N2O3. The van der Waals surface area contributed by atoms with Crippen molar-refractivity contribution in [3.8, 4) is 5.75 Å². The van der Waals surface area contributed by atoms with E-state index in [4.69, 9.17) is 32.7 Å². The maximum atomic E-state index is 12.6. The van der Waals surface area contributed by atoms with Gasteiger partial charge in [-0.3, -0.25) is 9.78 Å². The number of rotatable bonds is 6. The van der Waals surface area contributed by atoms with E-state index < -0.39 is 6.10 Å². The molecular weight excluding hydrogens is 375 g/mol. The molecule has 1 aromatic carbocycles. The van der Waals surface area contributed by atoms with Gasteiger partial charge in [0.2, 0.25) is 0 Å². The van der Waals surface area contributed by atoms with Crippen LogP contribution in [0.25, 0.3) is 0 Å². The molecule has 1 amide bonds. The maximum Gasteiger partial charge on any atom is 0.263 e. The first-order chi connectivity index (χ1) is 12.5. The van der Waals surface area contributed by atoms with Crippen LogP contribution < -0.4 is 4.74 Å². The number of benzene rings is 1. The van der Waals surface area contributed by atoms with Crippen molar-refractivity contribution >= 4 is 29.1 Å². The highest BCUT2D eigenvalue weighted by atomic mass is 35.5. The van der Waals surface area contributed by atoms with Crippen LogP contribution >= 0.6 is 23.2 Å². The van der Waals surface area contributed by atoms with Crippen molar-refractivity contribution in [3.05, 3.63) is 58.3 Å². The van der Waals surface area contributed by atoms with Crippen molar-refractivity contribution in [1.82, 2.24) is 9.88 Å². The number of carbonyl (C=O) groups is 1. The standard InChI is InChI=1S/C19H20Cl2N2O3/c1-13(26-18-3-2-15(20)10-17(18)21)19(24)23-9-6-16(11-23)25-12-14-4-7-22-8-5-14/h2-5,7-8,10,13,16H,6,9,11-12H2,1H3/t13-,16+/m0/s1. The third-order valence-electron chi connectivity index (χ3n) is 4.24. The average molecular weight is 395 g/mol. The minimum absolute atomic E-state index is 0.0263. The average Bonchev–Trinajstić information content (AvgIpc) is 3.11. The van der Waals surface area contributed by atoms with Gasteiger partial charge in [0.15, 0.2) is 6.10 Å².